The van der Waals surface area contributed by atoms with E-state index in [1.54, 1.807) is 0 Å². The summed E-state index contributed by atoms with van der Waals surface area (Å²) in [7, 11) is 0. The highest BCUT2D eigenvalue weighted by atomic mass is 32.2. The topological polar surface area (TPSA) is 107 Å². The van der Waals surface area contributed by atoms with Crippen LogP contribution in [0.15, 0.2) is 0 Å². The molecule has 104 valence electrons. The van der Waals surface area contributed by atoms with E-state index in [9.17, 15) is 12.6 Å². The van der Waals surface area contributed by atoms with Crippen LogP contribution in [-0.4, -0.2) is 50.3 Å². The third-order valence-electron chi connectivity index (χ3n) is 2.50. The maximum atomic E-state index is 11.3. The summed E-state index contributed by atoms with van der Waals surface area (Å²) < 4.78 is 62.6. The average Bonchev–Trinajstić information content (AvgIpc) is 2.98. The van der Waals surface area contributed by atoms with Crippen molar-refractivity contribution in [3.8, 4) is 0 Å². The summed E-state index contributed by atoms with van der Waals surface area (Å²) in [5.41, 5.74) is 0. The van der Waals surface area contributed by atoms with Gasteiger partial charge in [-0.1, -0.05) is 0 Å². The monoisotopic (exact) mass is 320 g/mol. The summed E-state index contributed by atoms with van der Waals surface area (Å²) in [5, 5.41) is 0. The lowest BCUT2D eigenvalue weighted by atomic mass is 10.0. The second kappa shape index (κ2) is 5.30. The number of hydrogen-bond donors (Lipinski definition) is 0. The van der Waals surface area contributed by atoms with Gasteiger partial charge in [0.2, 0.25) is 0 Å². The van der Waals surface area contributed by atoms with E-state index in [-0.39, 0.29) is 13.2 Å². The van der Waals surface area contributed by atoms with Crippen molar-refractivity contribution in [2.75, 3.05) is 13.2 Å². The van der Waals surface area contributed by atoms with Crippen molar-refractivity contribution < 1.29 is 37.7 Å². The molecule has 3 aliphatic rings. The van der Waals surface area contributed by atoms with Crippen LogP contribution in [-0.2, 0) is 59.2 Å². The van der Waals surface area contributed by atoms with Gasteiger partial charge in [0.25, 0.3) is 0 Å². The van der Waals surface area contributed by atoms with Crippen molar-refractivity contribution >= 4 is 34.1 Å². The van der Waals surface area contributed by atoms with Gasteiger partial charge in [0, 0.05) is 0 Å². The molecule has 0 aromatic rings. The maximum absolute atomic E-state index is 11.3. The summed E-state index contributed by atoms with van der Waals surface area (Å²) in [5.74, 6) is 0. The lowest BCUT2D eigenvalue weighted by molar-refractivity contribution is -0.00131. The van der Waals surface area contributed by atoms with Gasteiger partial charge in [-0.3, -0.25) is 25.1 Å². The molecule has 7 atom stereocenters. The lowest BCUT2D eigenvalue weighted by Crippen LogP contribution is -2.44. The van der Waals surface area contributed by atoms with Crippen LogP contribution >= 0.6 is 0 Å². The van der Waals surface area contributed by atoms with Gasteiger partial charge in [-0.15, -0.1) is 0 Å². The number of hydrogen-bond acceptors (Lipinski definition) is 9. The van der Waals surface area contributed by atoms with Crippen molar-refractivity contribution in [3.05, 3.63) is 0 Å². The summed E-state index contributed by atoms with van der Waals surface area (Å²) in [6, 6.07) is 0. The summed E-state index contributed by atoms with van der Waals surface area (Å²) in [6.45, 7) is 0.0377. The molecule has 0 amide bonds. The average molecular weight is 320 g/mol. The molecule has 0 aliphatic carbocycles. The Hall–Kier alpha value is 0.210. The van der Waals surface area contributed by atoms with Crippen LogP contribution in [0.25, 0.3) is 0 Å². The predicted molar refractivity (Wildman–Crippen MR) is 55.8 cm³/mol. The molecule has 0 aromatic carbocycles. The minimum atomic E-state index is -1.97. The summed E-state index contributed by atoms with van der Waals surface area (Å²) in [6.07, 6.45) is -2.97. The van der Waals surface area contributed by atoms with Gasteiger partial charge < -0.3 is 0 Å². The normalized spacial score (nSPS) is 53.0. The SMILES string of the molecule is O=S1O[C@H]([C@@H]2COS(=O)O2)[C@@H]([C@H]2COS(=O)O2)O1. The Bertz CT molecular complexity index is 377. The van der Waals surface area contributed by atoms with Gasteiger partial charge in [0.1, 0.15) is 24.4 Å². The van der Waals surface area contributed by atoms with E-state index in [2.05, 4.69) is 0 Å². The second-order valence-electron chi connectivity index (χ2n) is 3.57. The maximum Gasteiger partial charge on any atom is 0.305 e. The molecular formula is C6H8O9S3. The Kier molecular flexibility index (Phi) is 3.89. The van der Waals surface area contributed by atoms with E-state index in [0.29, 0.717) is 0 Å². The van der Waals surface area contributed by atoms with Crippen LogP contribution in [0, 0.1) is 0 Å². The Morgan fingerprint density at radius 3 is 1.44 bits per heavy atom. The molecule has 0 bridgehead atoms. The fraction of sp³-hybridized carbons (Fsp3) is 1.00. The Morgan fingerprint density at radius 2 is 1.11 bits per heavy atom. The highest BCUT2D eigenvalue weighted by Gasteiger charge is 2.51. The first kappa shape index (κ1) is 13.2. The molecule has 0 N–H and O–H groups in total. The van der Waals surface area contributed by atoms with E-state index in [4.69, 9.17) is 25.1 Å². The Morgan fingerprint density at radius 1 is 0.667 bits per heavy atom. The smallest absolute Gasteiger partial charge is 0.266 e. The van der Waals surface area contributed by atoms with Crippen LogP contribution in [0.2, 0.25) is 0 Å². The van der Waals surface area contributed by atoms with Crippen molar-refractivity contribution in [3.63, 3.8) is 0 Å². The van der Waals surface area contributed by atoms with Crippen molar-refractivity contribution in [1.29, 1.82) is 0 Å². The molecule has 9 nitrogen and oxygen atoms in total. The van der Waals surface area contributed by atoms with Crippen molar-refractivity contribution in [2.45, 2.75) is 24.4 Å². The highest BCUT2D eigenvalue weighted by Crippen LogP contribution is 2.31. The zero-order valence-corrected chi connectivity index (χ0v) is 11.1. The first-order valence-corrected chi connectivity index (χ1v) is 7.84. The fourth-order valence-corrected chi connectivity index (χ4v) is 3.93. The standard InChI is InChI=1S/C6H8O9S3/c7-16-10-1-3(12-16)5-6(15-18(9)14-5)4-2-11-17(8)13-4/h3-6H,1-2H2/t3-,4+,5-,6-,16?,17?,18?/m1/s1. The van der Waals surface area contributed by atoms with Gasteiger partial charge >= 0.3 is 34.1 Å². The minimum absolute atomic E-state index is 0.0189. The van der Waals surface area contributed by atoms with E-state index in [1.165, 1.54) is 0 Å². The van der Waals surface area contributed by atoms with Crippen LogP contribution in [0.1, 0.15) is 0 Å². The minimum Gasteiger partial charge on any atom is -0.266 e. The van der Waals surface area contributed by atoms with E-state index in [0.717, 1.165) is 0 Å². The molecule has 3 heterocycles. The molecular weight excluding hydrogens is 312 g/mol. The molecule has 3 saturated heterocycles. The fourth-order valence-electron chi connectivity index (χ4n) is 1.72. The molecule has 3 fully saturated rings. The van der Waals surface area contributed by atoms with Gasteiger partial charge in [0.15, 0.2) is 0 Å². The Labute approximate surface area is 110 Å². The first-order valence-electron chi connectivity index (χ1n) is 4.84. The van der Waals surface area contributed by atoms with Crippen LogP contribution in [0.5, 0.6) is 0 Å². The third kappa shape index (κ3) is 2.57. The molecule has 0 radical (unpaired) electrons. The lowest BCUT2D eigenvalue weighted by Gasteiger charge is -2.20. The zero-order valence-electron chi connectivity index (χ0n) is 8.62. The third-order valence-corrected chi connectivity index (χ3v) is 4.72. The molecule has 0 aromatic heterocycles. The quantitative estimate of drug-likeness (QED) is 0.590. The Balaban J connectivity index is 1.73. The molecule has 12 heteroatoms. The van der Waals surface area contributed by atoms with Gasteiger partial charge in [0.05, 0.1) is 13.2 Å². The second-order valence-corrected chi connectivity index (χ2v) is 6.04. The van der Waals surface area contributed by atoms with E-state index in [1.807, 2.05) is 0 Å². The molecule has 3 rings (SSSR count). The van der Waals surface area contributed by atoms with Crippen LogP contribution < -0.4 is 0 Å². The van der Waals surface area contributed by atoms with E-state index >= 15 is 0 Å². The van der Waals surface area contributed by atoms with E-state index < -0.39 is 58.5 Å². The molecule has 0 spiro atoms. The zero-order chi connectivity index (χ0) is 12.7. The van der Waals surface area contributed by atoms with Gasteiger partial charge in [-0.25, -0.2) is 0 Å². The van der Waals surface area contributed by atoms with Crippen LogP contribution in [0.4, 0.5) is 0 Å². The first-order chi connectivity index (χ1) is 8.63. The predicted octanol–water partition coefficient (Wildman–Crippen LogP) is -1.66. The molecule has 0 saturated carbocycles. The largest absolute Gasteiger partial charge is 0.305 e. The number of rotatable bonds is 2. The van der Waals surface area contributed by atoms with Crippen molar-refractivity contribution in [1.82, 2.24) is 0 Å². The molecule has 18 heavy (non-hydrogen) atoms. The van der Waals surface area contributed by atoms with Crippen LogP contribution in [0.3, 0.4) is 0 Å². The van der Waals surface area contributed by atoms with Crippen molar-refractivity contribution in [2.24, 2.45) is 0 Å². The van der Waals surface area contributed by atoms with Gasteiger partial charge in [-0.05, 0) is 0 Å². The summed E-state index contributed by atoms with van der Waals surface area (Å²) >= 11 is -5.67. The van der Waals surface area contributed by atoms with Gasteiger partial charge in [-0.2, -0.15) is 12.6 Å². The summed E-state index contributed by atoms with van der Waals surface area (Å²) in [4.78, 5) is 0. The molecule has 3 unspecified atom stereocenters. The highest BCUT2D eigenvalue weighted by molar-refractivity contribution is 7.76. The molecule has 3 aliphatic heterocycles.